The van der Waals surface area contributed by atoms with Gasteiger partial charge in [0.1, 0.15) is 16.6 Å². The lowest BCUT2D eigenvalue weighted by Gasteiger charge is -2.37. The van der Waals surface area contributed by atoms with Crippen LogP contribution in [0.2, 0.25) is 5.15 Å². The lowest BCUT2D eigenvalue weighted by molar-refractivity contribution is 0.0691. The molecule has 1 atom stereocenters. The number of aromatic nitrogens is 3. The number of aromatic carboxylic acids is 1. The zero-order chi connectivity index (χ0) is 23.9. The summed E-state index contributed by atoms with van der Waals surface area (Å²) in [5.74, 6) is -0.502. The molecule has 4 heterocycles. The van der Waals surface area contributed by atoms with Gasteiger partial charge in [-0.2, -0.15) is 0 Å². The van der Waals surface area contributed by atoms with E-state index in [0.717, 1.165) is 37.1 Å². The SMILES string of the molecule is Cc1cc([C@@H](C)Nc2ccc(Cl)nc2C(=O)O)c2nc(N3CCC(C)(C)CC3)cc(=O)n2c1. The van der Waals surface area contributed by atoms with Crippen LogP contribution in [0.15, 0.2) is 35.3 Å². The summed E-state index contributed by atoms with van der Waals surface area (Å²) < 4.78 is 1.55. The first kappa shape index (κ1) is 23.0. The molecule has 0 bridgehead atoms. The van der Waals surface area contributed by atoms with Gasteiger partial charge in [-0.05, 0) is 55.9 Å². The number of piperidine rings is 1. The van der Waals surface area contributed by atoms with E-state index in [1.807, 2.05) is 19.9 Å². The molecular weight excluding hydrogens is 442 g/mol. The highest BCUT2D eigenvalue weighted by molar-refractivity contribution is 6.29. The van der Waals surface area contributed by atoms with Crippen LogP contribution < -0.4 is 15.8 Å². The van der Waals surface area contributed by atoms with Gasteiger partial charge in [-0.25, -0.2) is 14.8 Å². The summed E-state index contributed by atoms with van der Waals surface area (Å²) in [7, 11) is 0. The van der Waals surface area contributed by atoms with E-state index >= 15 is 0 Å². The predicted molar refractivity (Wildman–Crippen MR) is 130 cm³/mol. The zero-order valence-corrected chi connectivity index (χ0v) is 20.0. The molecule has 1 saturated heterocycles. The fourth-order valence-electron chi connectivity index (χ4n) is 4.21. The molecule has 33 heavy (non-hydrogen) atoms. The second kappa shape index (κ2) is 8.67. The molecule has 1 fully saturated rings. The van der Waals surface area contributed by atoms with Crippen LogP contribution in [-0.2, 0) is 0 Å². The lowest BCUT2D eigenvalue weighted by atomic mass is 9.83. The highest BCUT2D eigenvalue weighted by Crippen LogP contribution is 2.32. The second-order valence-corrected chi connectivity index (χ2v) is 9.86. The number of nitrogens with zero attached hydrogens (tertiary/aromatic N) is 4. The summed E-state index contributed by atoms with van der Waals surface area (Å²) in [5.41, 5.74) is 2.57. The average Bonchev–Trinajstić information content (AvgIpc) is 2.74. The molecule has 9 heteroatoms. The molecule has 3 aromatic heterocycles. The highest BCUT2D eigenvalue weighted by Gasteiger charge is 2.27. The van der Waals surface area contributed by atoms with E-state index in [9.17, 15) is 14.7 Å². The Morgan fingerprint density at radius 1 is 1.21 bits per heavy atom. The molecule has 0 amide bonds. The first-order valence-electron chi connectivity index (χ1n) is 11.0. The third kappa shape index (κ3) is 4.80. The Bertz CT molecular complexity index is 1280. The third-order valence-electron chi connectivity index (χ3n) is 6.26. The molecule has 0 radical (unpaired) electrons. The summed E-state index contributed by atoms with van der Waals surface area (Å²) >= 11 is 5.88. The normalized spacial score (nSPS) is 16.6. The van der Waals surface area contributed by atoms with Crippen LogP contribution in [-0.4, -0.2) is 38.5 Å². The van der Waals surface area contributed by atoms with Crippen molar-refractivity contribution in [1.29, 1.82) is 0 Å². The van der Waals surface area contributed by atoms with Crippen LogP contribution in [0.3, 0.4) is 0 Å². The van der Waals surface area contributed by atoms with E-state index in [2.05, 4.69) is 29.0 Å². The Morgan fingerprint density at radius 2 is 1.91 bits per heavy atom. The van der Waals surface area contributed by atoms with E-state index in [-0.39, 0.29) is 27.9 Å². The number of carboxylic acid groups (broad SMARTS) is 1. The summed E-state index contributed by atoms with van der Waals surface area (Å²) in [6.07, 6.45) is 3.85. The number of carboxylic acids is 1. The van der Waals surface area contributed by atoms with Crippen molar-refractivity contribution in [1.82, 2.24) is 14.4 Å². The minimum atomic E-state index is -1.18. The number of aryl methyl sites for hydroxylation is 1. The summed E-state index contributed by atoms with van der Waals surface area (Å²) in [4.78, 5) is 35.6. The molecule has 1 aliphatic rings. The van der Waals surface area contributed by atoms with E-state index in [1.54, 1.807) is 22.7 Å². The van der Waals surface area contributed by atoms with Crippen LogP contribution in [0.5, 0.6) is 0 Å². The van der Waals surface area contributed by atoms with Crippen molar-refractivity contribution in [3.8, 4) is 0 Å². The van der Waals surface area contributed by atoms with Crippen molar-refractivity contribution in [3.63, 3.8) is 0 Å². The number of nitrogens with one attached hydrogen (secondary N) is 1. The van der Waals surface area contributed by atoms with Gasteiger partial charge in [0.25, 0.3) is 5.56 Å². The maximum Gasteiger partial charge on any atom is 0.356 e. The quantitative estimate of drug-likeness (QED) is 0.529. The van der Waals surface area contributed by atoms with Crippen molar-refractivity contribution < 1.29 is 9.90 Å². The van der Waals surface area contributed by atoms with Gasteiger partial charge in [0.2, 0.25) is 0 Å². The summed E-state index contributed by atoms with van der Waals surface area (Å²) in [6, 6.07) is 6.34. The van der Waals surface area contributed by atoms with Gasteiger partial charge in [-0.1, -0.05) is 25.4 Å². The first-order valence-corrected chi connectivity index (χ1v) is 11.4. The summed E-state index contributed by atoms with van der Waals surface area (Å²) in [5, 5.41) is 12.8. The third-order valence-corrected chi connectivity index (χ3v) is 6.47. The number of hydrogen-bond donors (Lipinski definition) is 2. The molecule has 0 aliphatic carbocycles. The van der Waals surface area contributed by atoms with E-state index in [4.69, 9.17) is 16.6 Å². The van der Waals surface area contributed by atoms with Crippen molar-refractivity contribution in [2.24, 2.45) is 5.41 Å². The molecule has 3 aromatic rings. The highest BCUT2D eigenvalue weighted by atomic mass is 35.5. The van der Waals surface area contributed by atoms with Crippen LogP contribution in [0.25, 0.3) is 5.65 Å². The molecule has 0 unspecified atom stereocenters. The number of halogens is 1. The number of rotatable bonds is 5. The smallest absolute Gasteiger partial charge is 0.356 e. The average molecular weight is 470 g/mol. The number of anilines is 2. The largest absolute Gasteiger partial charge is 0.476 e. The molecule has 0 spiro atoms. The topological polar surface area (TPSA) is 99.8 Å². The van der Waals surface area contributed by atoms with Gasteiger partial charge in [-0.3, -0.25) is 9.20 Å². The monoisotopic (exact) mass is 469 g/mol. The number of carbonyl (C=O) groups is 1. The van der Waals surface area contributed by atoms with Crippen molar-refractivity contribution >= 4 is 34.7 Å². The van der Waals surface area contributed by atoms with Gasteiger partial charge >= 0.3 is 5.97 Å². The van der Waals surface area contributed by atoms with Crippen molar-refractivity contribution in [3.05, 3.63) is 62.8 Å². The maximum atomic E-state index is 13.0. The van der Waals surface area contributed by atoms with Crippen LogP contribution in [0, 0.1) is 12.3 Å². The number of fused-ring (bicyclic) bond motifs is 1. The van der Waals surface area contributed by atoms with E-state index < -0.39 is 5.97 Å². The number of pyridine rings is 2. The molecule has 174 valence electrons. The van der Waals surface area contributed by atoms with E-state index in [1.165, 1.54) is 6.07 Å². The Labute approximate surface area is 197 Å². The predicted octanol–water partition coefficient (Wildman–Crippen LogP) is 4.55. The van der Waals surface area contributed by atoms with E-state index in [0.29, 0.717) is 17.2 Å². The Kier molecular flexibility index (Phi) is 6.05. The van der Waals surface area contributed by atoms with Crippen LogP contribution >= 0.6 is 11.6 Å². The van der Waals surface area contributed by atoms with Crippen LogP contribution in [0.1, 0.15) is 61.3 Å². The minimum absolute atomic E-state index is 0.106. The number of hydrogen-bond acceptors (Lipinski definition) is 6. The zero-order valence-electron chi connectivity index (χ0n) is 19.2. The Hall–Kier alpha value is -3.13. The molecule has 0 saturated carbocycles. The summed E-state index contributed by atoms with van der Waals surface area (Å²) in [6.45, 7) is 10.0. The Morgan fingerprint density at radius 3 is 2.58 bits per heavy atom. The van der Waals surface area contributed by atoms with Crippen molar-refractivity contribution in [2.75, 3.05) is 23.3 Å². The molecule has 4 rings (SSSR count). The fraction of sp³-hybridized carbons (Fsp3) is 0.417. The molecule has 2 N–H and O–H groups in total. The molecule has 8 nitrogen and oxygen atoms in total. The van der Waals surface area contributed by atoms with Gasteiger partial charge in [0.15, 0.2) is 5.69 Å². The van der Waals surface area contributed by atoms with Gasteiger partial charge < -0.3 is 15.3 Å². The van der Waals surface area contributed by atoms with Crippen molar-refractivity contribution in [2.45, 2.75) is 46.6 Å². The van der Waals surface area contributed by atoms with Gasteiger partial charge in [-0.15, -0.1) is 0 Å². The van der Waals surface area contributed by atoms with Gasteiger partial charge in [0.05, 0.1) is 11.7 Å². The maximum absolute atomic E-state index is 13.0. The second-order valence-electron chi connectivity index (χ2n) is 9.47. The standard InChI is InChI=1S/C24H28ClN5O3/c1-14-11-16(15(2)26-17-5-6-18(25)27-21(17)23(32)33)22-28-19(12-20(31)30(22)13-14)29-9-7-24(3,4)8-10-29/h5-6,11-13,15,26H,7-10H2,1-4H3,(H,32,33)/t15-/m1/s1. The van der Waals surface area contributed by atoms with Gasteiger partial charge in [0, 0.05) is 30.9 Å². The minimum Gasteiger partial charge on any atom is -0.476 e. The lowest BCUT2D eigenvalue weighted by Crippen LogP contribution is -2.38. The first-order chi connectivity index (χ1) is 15.5. The van der Waals surface area contributed by atoms with Crippen LogP contribution in [0.4, 0.5) is 11.5 Å². The molecule has 1 aliphatic heterocycles. The molecule has 0 aromatic carbocycles. The fourth-order valence-corrected chi connectivity index (χ4v) is 4.35. The Balaban J connectivity index is 1.75. The molecular formula is C24H28ClN5O3.